The van der Waals surface area contributed by atoms with E-state index in [-0.39, 0.29) is 0 Å². The Morgan fingerprint density at radius 2 is 0.505 bits per heavy atom. The van der Waals surface area contributed by atoms with Gasteiger partial charge in [-0.15, -0.1) is 0 Å². The first-order valence-electron chi connectivity index (χ1n) is 36.9. The summed E-state index contributed by atoms with van der Waals surface area (Å²) in [6, 6.07) is 8.85. The van der Waals surface area contributed by atoms with Crippen molar-refractivity contribution in [2.45, 2.75) is 361 Å². The normalized spacial score (nSPS) is 14.5. The van der Waals surface area contributed by atoms with Crippen LogP contribution in [-0.2, 0) is 26.8 Å². The molecule has 0 fully saturated rings. The van der Waals surface area contributed by atoms with E-state index >= 15 is 0 Å². The van der Waals surface area contributed by atoms with Gasteiger partial charge >= 0.3 is 63.0 Å². The van der Waals surface area contributed by atoms with Crippen LogP contribution in [0.1, 0.15) is 254 Å². The summed E-state index contributed by atoms with van der Waals surface area (Å²) >= 11 is 0. The van der Waals surface area contributed by atoms with Crippen molar-refractivity contribution in [1.82, 2.24) is 0 Å². The molecule has 14 N–H and O–H groups in total. The molecule has 1 aliphatic carbocycles. The molecule has 36 heteroatoms. The van der Waals surface area contributed by atoms with Crippen LogP contribution < -0.4 is 0 Å². The van der Waals surface area contributed by atoms with Crippen molar-refractivity contribution in [3.8, 4) is 0 Å². The zero-order chi connectivity index (χ0) is 75.3. The third-order valence-corrected chi connectivity index (χ3v) is 121. The molecule has 0 saturated heterocycles. The Morgan fingerprint density at radius 3 is 0.621 bits per heavy atom. The Labute approximate surface area is 603 Å². The van der Waals surface area contributed by atoms with Gasteiger partial charge in [-0.25, -0.2) is 0 Å². The molecule has 20 nitrogen and oxygen atoms in total. The molecular formula is C59H152O20Si16. The monoisotopic (exact) mass is 1630 g/mol. The lowest BCUT2D eigenvalue weighted by Crippen LogP contribution is -2.91. The lowest BCUT2D eigenvalue weighted by Gasteiger charge is -2.23. The Bertz CT molecular complexity index is 1500. The van der Waals surface area contributed by atoms with Gasteiger partial charge in [-0.05, 0) is 132 Å². The maximum absolute atomic E-state index is 11.4. The van der Waals surface area contributed by atoms with E-state index in [1.165, 1.54) is 205 Å². The molecule has 0 aromatic heterocycles. The summed E-state index contributed by atoms with van der Waals surface area (Å²) < 4.78 is 68.3. The number of hydrogen-bond donors (Lipinski definition) is 14. The fraction of sp³-hybridized carbons (Fsp3) is 0.966. The first-order valence-corrected chi connectivity index (χ1v) is 76.6. The summed E-state index contributed by atoms with van der Waals surface area (Å²) in [5.41, 5.74) is 0. The van der Waals surface area contributed by atoms with E-state index in [9.17, 15) is 31.6 Å². The van der Waals surface area contributed by atoms with Gasteiger partial charge in [-0.1, -0.05) is 247 Å². The highest BCUT2D eigenvalue weighted by molar-refractivity contribution is 8.14. The van der Waals surface area contributed by atoms with E-state index < -0.39 is 135 Å². The Morgan fingerprint density at radius 1 is 0.326 bits per heavy atom. The van der Waals surface area contributed by atoms with E-state index in [1.54, 1.807) is 0 Å². The molecule has 0 radical (unpaired) electrons. The first kappa shape index (κ1) is 111. The number of hydrogen-bond acceptors (Lipinski definition) is 14. The Balaban J connectivity index is -0.000000152. The van der Waals surface area contributed by atoms with Crippen LogP contribution in [0.5, 0.6) is 0 Å². The molecule has 0 aliphatic heterocycles. The quantitative estimate of drug-likeness (QED) is 0.0153. The van der Waals surface area contributed by atoms with E-state index in [0.717, 1.165) is 54.3 Å². The summed E-state index contributed by atoms with van der Waals surface area (Å²) in [6.07, 6.45) is 34.7. The van der Waals surface area contributed by atoms with Crippen LogP contribution in [0.3, 0.4) is 0 Å². The average Bonchev–Trinajstić information content (AvgIpc) is 0.718. The van der Waals surface area contributed by atoms with Gasteiger partial charge in [0.15, 0.2) is 71.6 Å². The fourth-order valence-electron chi connectivity index (χ4n) is 9.25. The molecule has 0 spiro atoms. The third kappa shape index (κ3) is 78.5. The number of unbranched alkanes of at least 4 members (excludes halogenated alkanes) is 21. The fourth-order valence-corrected chi connectivity index (χ4v) is 108. The van der Waals surface area contributed by atoms with Gasteiger partial charge in [0.2, 0.25) is 0 Å². The summed E-state index contributed by atoms with van der Waals surface area (Å²) in [6.45, 7) is 33.5. The molecular weight excluding hydrogens is 1480 g/mol. The third-order valence-electron chi connectivity index (χ3n) is 15.4. The van der Waals surface area contributed by atoms with Crippen molar-refractivity contribution < 1.29 is 93.9 Å². The second-order valence-corrected chi connectivity index (χ2v) is 97.1. The minimum atomic E-state index is -5.60. The van der Waals surface area contributed by atoms with Crippen molar-refractivity contribution in [1.29, 1.82) is 0 Å². The topological polar surface area (TPSA) is 386 Å². The maximum Gasteiger partial charge on any atom is 0.483 e. The van der Waals surface area contributed by atoms with Crippen molar-refractivity contribution in [3.05, 3.63) is 12.2 Å². The summed E-state index contributed by atoms with van der Waals surface area (Å²) in [5, 5.41) is 0. The van der Waals surface area contributed by atoms with Gasteiger partial charge in [-0.3, -0.25) is 0 Å². The highest BCUT2D eigenvalue weighted by Gasteiger charge is 2.91. The van der Waals surface area contributed by atoms with Gasteiger partial charge < -0.3 is 93.9 Å². The zero-order valence-electron chi connectivity index (χ0n) is 63.3. The molecule has 1 rings (SSSR count). The van der Waals surface area contributed by atoms with Crippen LogP contribution in [0.4, 0.5) is 0 Å². The summed E-state index contributed by atoms with van der Waals surface area (Å²) in [7, 11) is -37.3. The second-order valence-electron chi connectivity index (χ2n) is 26.7. The predicted octanol–water partition coefficient (Wildman–Crippen LogP) is 9.22. The molecule has 8 unspecified atom stereocenters. The Kier molecular flexibility index (Phi) is 92.2. The predicted molar refractivity (Wildman–Crippen MR) is 428 cm³/mol. The van der Waals surface area contributed by atoms with Gasteiger partial charge in [0, 0.05) is 0 Å². The molecule has 0 heterocycles. The maximum atomic E-state index is 11.4. The van der Waals surface area contributed by atoms with E-state index in [2.05, 4.69) is 60.6 Å². The van der Waals surface area contributed by atoms with Crippen LogP contribution in [0.2, 0.25) is 107 Å². The van der Waals surface area contributed by atoms with Crippen molar-refractivity contribution in [2.24, 2.45) is 5.92 Å². The van der Waals surface area contributed by atoms with Crippen molar-refractivity contribution >= 4 is 135 Å². The molecule has 0 aromatic carbocycles. The van der Waals surface area contributed by atoms with Crippen LogP contribution in [0.25, 0.3) is 0 Å². The minimum Gasteiger partial charge on any atom is -0.542 e. The number of allylic oxidation sites excluding steroid dienone is 2. The van der Waals surface area contributed by atoms with Crippen molar-refractivity contribution in [2.75, 3.05) is 0 Å². The Hall–Kier alpha value is 0.490. The summed E-state index contributed by atoms with van der Waals surface area (Å²) in [4.78, 5) is 128. The van der Waals surface area contributed by atoms with Crippen LogP contribution in [-0.4, -0.2) is 202 Å². The van der Waals surface area contributed by atoms with Gasteiger partial charge in [0.05, 0.1) is 0 Å². The molecule has 95 heavy (non-hydrogen) atoms. The number of rotatable bonds is 45. The van der Waals surface area contributed by atoms with Crippen LogP contribution in [0, 0.1) is 5.92 Å². The van der Waals surface area contributed by atoms with Crippen LogP contribution >= 0.6 is 0 Å². The minimum absolute atomic E-state index is 0.855. The molecule has 0 saturated carbocycles. The van der Waals surface area contributed by atoms with E-state index in [1.807, 2.05) is 58.9 Å². The molecule has 1 aliphatic rings. The second kappa shape index (κ2) is 78.6. The van der Waals surface area contributed by atoms with Gasteiger partial charge in [0.1, 0.15) is 0 Å². The molecule has 0 bridgehead atoms. The highest BCUT2D eigenvalue weighted by atomic mass is 30.4. The van der Waals surface area contributed by atoms with Gasteiger partial charge in [-0.2, -0.15) is 0 Å². The lowest BCUT2D eigenvalue weighted by molar-refractivity contribution is 0.439. The first-order chi connectivity index (χ1) is 44.4. The van der Waals surface area contributed by atoms with E-state index in [0.29, 0.717) is 0 Å². The lowest BCUT2D eigenvalue weighted by atomic mass is 9.92. The highest BCUT2D eigenvalue weighted by Crippen LogP contribution is 2.25. The smallest absolute Gasteiger partial charge is 0.483 e. The average molecular weight is 1630 g/mol. The molecule has 0 amide bonds. The van der Waals surface area contributed by atoms with E-state index in [4.69, 9.17) is 62.3 Å². The molecule has 8 atom stereocenters. The SMILES string of the molecule is CCCCCC[SiH](C)O.CCCCCC[SiH](C)O.CCCCCC[SiH](C)O.CCCCCC[SiH](C)O.CCCCCC[SiH](C)O.CCCCCC[SiH](C)O.CCCCCC[SiH](C)O.C[Si](C)(O)CCC1CC=CCC1.O=[Si](O)[Si]([Si](=O)O)([Si](=O)O)[Si]([Si](=O)O)([Si](=O)O)[Si](=O)O. The van der Waals surface area contributed by atoms with Crippen molar-refractivity contribution in [3.63, 3.8) is 0 Å². The summed E-state index contributed by atoms with van der Waals surface area (Å²) in [5.74, 6) is 0.855. The molecule has 572 valence electrons. The standard InChI is InChI=1S/C10H20OSi.7C7H18OSi.H6O12Si8/c1-12(2,11)9-8-10-6-4-3-5-7-10;7*1-3-4-5-6-7-9(2)8;1-13(2)19(14(3)4,15(5)6)20(16(7)8,17(9)10)18(11)12/h3-4,10-11H,5-9H2,1-2H3;7*8-9H,3-7H2,1-2H3;1,3,5,7,9,11H. The zero-order valence-corrected chi connectivity index (χ0v) is 80.4. The molecule has 0 aromatic rings. The largest absolute Gasteiger partial charge is 0.542 e. The van der Waals surface area contributed by atoms with Crippen LogP contribution in [0.15, 0.2) is 12.2 Å². The van der Waals surface area contributed by atoms with Gasteiger partial charge in [0.25, 0.3) is 0 Å².